The van der Waals surface area contributed by atoms with Gasteiger partial charge in [0.05, 0.1) is 11.4 Å². The van der Waals surface area contributed by atoms with Gasteiger partial charge in [-0.05, 0) is 31.5 Å². The molecule has 0 bridgehead atoms. The van der Waals surface area contributed by atoms with Gasteiger partial charge >= 0.3 is 0 Å². The summed E-state index contributed by atoms with van der Waals surface area (Å²) in [5.74, 6) is 0.0504. The van der Waals surface area contributed by atoms with E-state index in [1.807, 2.05) is 19.2 Å². The zero-order valence-electron chi connectivity index (χ0n) is 10.3. The van der Waals surface area contributed by atoms with Gasteiger partial charge in [0.25, 0.3) is 0 Å². The fourth-order valence-electron chi connectivity index (χ4n) is 1.64. The Hall–Kier alpha value is -1.51. The van der Waals surface area contributed by atoms with Gasteiger partial charge < -0.3 is 10.6 Å². The van der Waals surface area contributed by atoms with Crippen LogP contribution in [0.5, 0.6) is 0 Å². The highest BCUT2D eigenvalue weighted by molar-refractivity contribution is 5.96. The zero-order valence-corrected chi connectivity index (χ0v) is 10.3. The van der Waals surface area contributed by atoms with Crippen LogP contribution in [0.3, 0.4) is 0 Å². The number of nitrogens with zero attached hydrogens (tertiary/aromatic N) is 1. The summed E-state index contributed by atoms with van der Waals surface area (Å²) >= 11 is 0. The van der Waals surface area contributed by atoms with Crippen LogP contribution >= 0.6 is 0 Å². The molecule has 0 saturated heterocycles. The van der Waals surface area contributed by atoms with Gasteiger partial charge in [-0.1, -0.05) is 13.3 Å². The van der Waals surface area contributed by atoms with Crippen molar-refractivity contribution in [2.75, 3.05) is 24.2 Å². The first-order chi connectivity index (χ1) is 7.56. The minimum Gasteiger partial charge on any atom is -0.397 e. The first-order valence-corrected chi connectivity index (χ1v) is 5.67. The standard InChI is InChI=1S/C13H20N2O/c1-4-5-8-15(3)13-7-6-11(10(2)16)9-12(13)14/h6-7,9H,4-5,8,14H2,1-3H3. The third-order valence-electron chi connectivity index (χ3n) is 2.69. The van der Waals surface area contributed by atoms with Crippen LogP contribution in [0.1, 0.15) is 37.0 Å². The first-order valence-electron chi connectivity index (χ1n) is 5.67. The summed E-state index contributed by atoms with van der Waals surface area (Å²) in [5, 5.41) is 0. The van der Waals surface area contributed by atoms with Gasteiger partial charge in [0.2, 0.25) is 0 Å². The lowest BCUT2D eigenvalue weighted by Crippen LogP contribution is -2.19. The molecule has 0 atom stereocenters. The van der Waals surface area contributed by atoms with Crippen LogP contribution in [0.4, 0.5) is 11.4 Å². The van der Waals surface area contributed by atoms with E-state index in [9.17, 15) is 4.79 Å². The molecule has 16 heavy (non-hydrogen) atoms. The van der Waals surface area contributed by atoms with Crippen molar-refractivity contribution < 1.29 is 4.79 Å². The smallest absolute Gasteiger partial charge is 0.159 e. The molecule has 1 aromatic carbocycles. The first kappa shape index (κ1) is 12.6. The molecule has 0 unspecified atom stereocenters. The Morgan fingerprint density at radius 2 is 2.12 bits per heavy atom. The molecule has 2 N–H and O–H groups in total. The lowest BCUT2D eigenvalue weighted by Gasteiger charge is -2.21. The van der Waals surface area contributed by atoms with Crippen LogP contribution in [0, 0.1) is 0 Å². The average Bonchev–Trinajstić information content (AvgIpc) is 2.25. The minimum atomic E-state index is 0.0504. The van der Waals surface area contributed by atoms with Crippen molar-refractivity contribution in [3.05, 3.63) is 23.8 Å². The van der Waals surface area contributed by atoms with Gasteiger partial charge in [0.1, 0.15) is 0 Å². The van der Waals surface area contributed by atoms with Crippen LogP contribution in [0.15, 0.2) is 18.2 Å². The lowest BCUT2D eigenvalue weighted by atomic mass is 10.1. The number of hydrogen-bond acceptors (Lipinski definition) is 3. The highest BCUT2D eigenvalue weighted by Gasteiger charge is 2.07. The van der Waals surface area contributed by atoms with Crippen LogP contribution in [0.25, 0.3) is 0 Å². The summed E-state index contributed by atoms with van der Waals surface area (Å²) in [7, 11) is 2.02. The van der Waals surface area contributed by atoms with E-state index < -0.39 is 0 Å². The quantitative estimate of drug-likeness (QED) is 0.613. The Morgan fingerprint density at radius 3 is 2.62 bits per heavy atom. The molecule has 0 saturated carbocycles. The number of nitrogens with two attached hydrogens (primary N) is 1. The third-order valence-corrected chi connectivity index (χ3v) is 2.69. The van der Waals surface area contributed by atoms with Crippen molar-refractivity contribution in [3.8, 4) is 0 Å². The molecule has 0 fully saturated rings. The second kappa shape index (κ2) is 5.54. The van der Waals surface area contributed by atoms with Crippen molar-refractivity contribution in [1.29, 1.82) is 0 Å². The monoisotopic (exact) mass is 220 g/mol. The molecule has 1 aromatic rings. The van der Waals surface area contributed by atoms with E-state index in [-0.39, 0.29) is 5.78 Å². The predicted octanol–water partition coefficient (Wildman–Crippen LogP) is 2.71. The maximum Gasteiger partial charge on any atom is 0.159 e. The Balaban J connectivity index is 2.85. The van der Waals surface area contributed by atoms with Crippen molar-refractivity contribution in [1.82, 2.24) is 0 Å². The van der Waals surface area contributed by atoms with Crippen LogP contribution in [-0.2, 0) is 0 Å². The normalized spacial score (nSPS) is 10.2. The topological polar surface area (TPSA) is 46.3 Å². The third kappa shape index (κ3) is 2.99. The van der Waals surface area contributed by atoms with E-state index in [1.54, 1.807) is 13.0 Å². The van der Waals surface area contributed by atoms with Crippen LogP contribution in [-0.4, -0.2) is 19.4 Å². The zero-order chi connectivity index (χ0) is 12.1. The molecule has 0 spiro atoms. The van der Waals surface area contributed by atoms with Crippen LogP contribution in [0.2, 0.25) is 0 Å². The molecule has 0 aromatic heterocycles. The molecule has 3 heteroatoms. The number of anilines is 2. The molecular formula is C13H20N2O. The summed E-state index contributed by atoms with van der Waals surface area (Å²) in [6.07, 6.45) is 2.31. The largest absolute Gasteiger partial charge is 0.397 e. The predicted molar refractivity (Wildman–Crippen MR) is 69.0 cm³/mol. The summed E-state index contributed by atoms with van der Waals surface area (Å²) in [4.78, 5) is 13.3. The Labute approximate surface area is 97.2 Å². The molecule has 0 aliphatic rings. The fourth-order valence-corrected chi connectivity index (χ4v) is 1.64. The maximum absolute atomic E-state index is 11.2. The molecule has 88 valence electrons. The Kier molecular flexibility index (Phi) is 4.35. The number of nitrogen functional groups attached to an aromatic ring is 1. The fraction of sp³-hybridized carbons (Fsp3) is 0.462. The Bertz CT molecular complexity index is 374. The van der Waals surface area contributed by atoms with Gasteiger partial charge in [-0.15, -0.1) is 0 Å². The van der Waals surface area contributed by atoms with E-state index in [0.29, 0.717) is 11.3 Å². The minimum absolute atomic E-state index is 0.0504. The highest BCUT2D eigenvalue weighted by atomic mass is 16.1. The molecule has 3 nitrogen and oxygen atoms in total. The van der Waals surface area contributed by atoms with E-state index in [2.05, 4.69) is 11.8 Å². The SMILES string of the molecule is CCCCN(C)c1ccc(C(C)=O)cc1N. The molecule has 1 rings (SSSR count). The average molecular weight is 220 g/mol. The molecule has 0 radical (unpaired) electrons. The van der Waals surface area contributed by atoms with Crippen molar-refractivity contribution in [2.45, 2.75) is 26.7 Å². The van der Waals surface area contributed by atoms with Crippen molar-refractivity contribution in [2.24, 2.45) is 0 Å². The second-order valence-electron chi connectivity index (χ2n) is 4.10. The number of unbranched alkanes of at least 4 members (excludes halogenated alkanes) is 1. The van der Waals surface area contributed by atoms with Crippen molar-refractivity contribution in [3.63, 3.8) is 0 Å². The summed E-state index contributed by atoms with van der Waals surface area (Å²) in [6.45, 7) is 4.70. The number of carbonyl (C=O) groups excluding carboxylic acids is 1. The number of ketones is 1. The van der Waals surface area contributed by atoms with Gasteiger partial charge in [-0.3, -0.25) is 4.79 Å². The second-order valence-corrected chi connectivity index (χ2v) is 4.10. The van der Waals surface area contributed by atoms with Gasteiger partial charge in [0, 0.05) is 19.2 Å². The molecule has 0 aliphatic carbocycles. The number of Topliss-reactive ketones (excluding diaryl/α,β-unsaturated/α-hetero) is 1. The number of benzene rings is 1. The summed E-state index contributed by atoms with van der Waals surface area (Å²) < 4.78 is 0. The Morgan fingerprint density at radius 1 is 1.44 bits per heavy atom. The summed E-state index contributed by atoms with van der Waals surface area (Å²) in [5.41, 5.74) is 8.28. The highest BCUT2D eigenvalue weighted by Crippen LogP contribution is 2.23. The van der Waals surface area contributed by atoms with Gasteiger partial charge in [-0.25, -0.2) is 0 Å². The number of hydrogen-bond donors (Lipinski definition) is 1. The van der Waals surface area contributed by atoms with Gasteiger partial charge in [-0.2, -0.15) is 0 Å². The van der Waals surface area contributed by atoms with E-state index >= 15 is 0 Å². The van der Waals surface area contributed by atoms with Gasteiger partial charge in [0.15, 0.2) is 5.78 Å². The molecule has 0 heterocycles. The number of rotatable bonds is 5. The molecule has 0 amide bonds. The van der Waals surface area contributed by atoms with E-state index in [4.69, 9.17) is 5.73 Å². The number of carbonyl (C=O) groups is 1. The van der Waals surface area contributed by atoms with Crippen LogP contribution < -0.4 is 10.6 Å². The van der Waals surface area contributed by atoms with Crippen molar-refractivity contribution >= 4 is 17.2 Å². The molecular weight excluding hydrogens is 200 g/mol. The molecule has 0 aliphatic heterocycles. The summed E-state index contributed by atoms with van der Waals surface area (Å²) in [6, 6.07) is 5.50. The lowest BCUT2D eigenvalue weighted by molar-refractivity contribution is 0.101. The maximum atomic E-state index is 11.2. The van der Waals surface area contributed by atoms with E-state index in [0.717, 1.165) is 25.1 Å². The van der Waals surface area contributed by atoms with E-state index in [1.165, 1.54) is 0 Å².